The summed E-state index contributed by atoms with van der Waals surface area (Å²) < 4.78 is 16.2. The number of carbonyl (C=O) groups is 4. The molecule has 11 heteroatoms. The summed E-state index contributed by atoms with van der Waals surface area (Å²) in [4.78, 5) is 51.0. The summed E-state index contributed by atoms with van der Waals surface area (Å²) in [7, 11) is 1.52. The van der Waals surface area contributed by atoms with E-state index in [9.17, 15) is 19.2 Å². The molecule has 0 aliphatic carbocycles. The first-order chi connectivity index (χ1) is 17.7. The van der Waals surface area contributed by atoms with Crippen LogP contribution in [0.4, 0.5) is 10.5 Å². The molecule has 0 radical (unpaired) electrons. The third-order valence-corrected chi connectivity index (χ3v) is 6.55. The molecule has 0 spiro atoms. The van der Waals surface area contributed by atoms with Crippen LogP contribution < -0.4 is 14.8 Å². The van der Waals surface area contributed by atoms with E-state index in [0.29, 0.717) is 17.1 Å². The van der Waals surface area contributed by atoms with Crippen LogP contribution in [0.2, 0.25) is 5.02 Å². The number of imide groups is 1. The first-order valence-corrected chi connectivity index (χ1v) is 12.7. The van der Waals surface area contributed by atoms with Crippen LogP contribution in [0, 0.1) is 0 Å². The fourth-order valence-corrected chi connectivity index (χ4v) is 4.30. The van der Waals surface area contributed by atoms with Gasteiger partial charge in [-0.25, -0.2) is 4.79 Å². The number of halogens is 1. The molecule has 1 aliphatic rings. The van der Waals surface area contributed by atoms with Crippen molar-refractivity contribution < 1.29 is 33.4 Å². The predicted molar refractivity (Wildman–Crippen MR) is 142 cm³/mol. The molecule has 3 rings (SSSR count). The molecule has 0 saturated carbocycles. The summed E-state index contributed by atoms with van der Waals surface area (Å²) in [5, 5.41) is 2.17. The van der Waals surface area contributed by atoms with Crippen molar-refractivity contribution in [3.63, 3.8) is 0 Å². The maximum Gasteiger partial charge on any atom is 0.339 e. The van der Waals surface area contributed by atoms with Gasteiger partial charge in [-0.2, -0.15) is 0 Å². The Labute approximate surface area is 224 Å². The van der Waals surface area contributed by atoms with Crippen LogP contribution in [0.1, 0.15) is 43.1 Å². The Morgan fingerprint density at radius 2 is 1.89 bits per heavy atom. The van der Waals surface area contributed by atoms with Gasteiger partial charge in [-0.1, -0.05) is 24.6 Å². The SMILES string of the molecule is CCOC(=O)c1cc(NC(=O)CN2C(=O)S/C(=C\c3ccc(O[C@H](C)CC)c(OC)c3)C2=O)ccc1Cl. The van der Waals surface area contributed by atoms with Gasteiger partial charge in [0.25, 0.3) is 11.1 Å². The van der Waals surface area contributed by atoms with Gasteiger partial charge in [-0.05, 0) is 74.0 Å². The predicted octanol–water partition coefficient (Wildman–Crippen LogP) is 5.38. The van der Waals surface area contributed by atoms with Crippen LogP contribution >= 0.6 is 23.4 Å². The molecule has 196 valence electrons. The molecule has 1 N–H and O–H groups in total. The number of benzene rings is 2. The van der Waals surface area contributed by atoms with E-state index in [1.807, 2.05) is 13.8 Å². The third kappa shape index (κ3) is 7.05. The van der Waals surface area contributed by atoms with Crippen LogP contribution in [0.3, 0.4) is 0 Å². The van der Waals surface area contributed by atoms with Crippen molar-refractivity contribution in [2.75, 3.05) is 25.6 Å². The van der Waals surface area contributed by atoms with Crippen LogP contribution in [0.5, 0.6) is 11.5 Å². The van der Waals surface area contributed by atoms with Gasteiger partial charge >= 0.3 is 5.97 Å². The van der Waals surface area contributed by atoms with Crippen molar-refractivity contribution in [2.24, 2.45) is 0 Å². The molecular weight excluding hydrogens is 520 g/mol. The van der Waals surface area contributed by atoms with Crippen molar-refractivity contribution in [1.82, 2.24) is 4.90 Å². The summed E-state index contributed by atoms with van der Waals surface area (Å²) in [5.74, 6) is -0.762. The first kappa shape index (κ1) is 28.1. The fourth-order valence-electron chi connectivity index (χ4n) is 3.27. The molecule has 2 aromatic carbocycles. The Balaban J connectivity index is 1.70. The van der Waals surface area contributed by atoms with E-state index in [0.717, 1.165) is 23.1 Å². The zero-order valence-corrected chi connectivity index (χ0v) is 22.4. The van der Waals surface area contributed by atoms with Crippen molar-refractivity contribution in [2.45, 2.75) is 33.3 Å². The third-order valence-electron chi connectivity index (χ3n) is 5.31. The van der Waals surface area contributed by atoms with Crippen molar-refractivity contribution in [3.8, 4) is 11.5 Å². The Kier molecular flexibility index (Phi) is 9.60. The Morgan fingerprint density at radius 1 is 1.14 bits per heavy atom. The monoisotopic (exact) mass is 546 g/mol. The maximum absolute atomic E-state index is 12.9. The number of ether oxygens (including phenoxy) is 3. The number of esters is 1. The molecule has 0 bridgehead atoms. The number of amides is 3. The molecule has 37 heavy (non-hydrogen) atoms. The number of hydrogen-bond donors (Lipinski definition) is 1. The quantitative estimate of drug-likeness (QED) is 0.312. The Bertz CT molecular complexity index is 1250. The van der Waals surface area contributed by atoms with Crippen molar-refractivity contribution in [3.05, 3.63) is 57.5 Å². The van der Waals surface area contributed by atoms with Gasteiger partial charge in [-0.3, -0.25) is 19.3 Å². The molecule has 0 aromatic heterocycles. The Morgan fingerprint density at radius 3 is 2.57 bits per heavy atom. The highest BCUT2D eigenvalue weighted by molar-refractivity contribution is 8.18. The number of hydrogen-bond acceptors (Lipinski definition) is 8. The number of nitrogens with zero attached hydrogens (tertiary/aromatic N) is 1. The summed E-state index contributed by atoms with van der Waals surface area (Å²) in [5.41, 5.74) is 0.995. The lowest BCUT2D eigenvalue weighted by Crippen LogP contribution is -2.36. The summed E-state index contributed by atoms with van der Waals surface area (Å²) in [6.07, 6.45) is 2.39. The highest BCUT2D eigenvalue weighted by Crippen LogP contribution is 2.35. The molecule has 0 unspecified atom stereocenters. The maximum atomic E-state index is 12.9. The van der Waals surface area contributed by atoms with E-state index in [1.54, 1.807) is 31.2 Å². The molecule has 2 aromatic rings. The van der Waals surface area contributed by atoms with E-state index >= 15 is 0 Å². The molecule has 3 amide bonds. The average Bonchev–Trinajstić information content (AvgIpc) is 3.13. The second kappa shape index (κ2) is 12.6. The van der Waals surface area contributed by atoms with Crippen molar-refractivity contribution in [1.29, 1.82) is 0 Å². The van der Waals surface area contributed by atoms with E-state index in [2.05, 4.69) is 5.32 Å². The van der Waals surface area contributed by atoms with Crippen LogP contribution in [0.25, 0.3) is 6.08 Å². The molecule has 1 heterocycles. The minimum atomic E-state index is -0.629. The van der Waals surface area contributed by atoms with Crippen LogP contribution in [-0.2, 0) is 14.3 Å². The topological polar surface area (TPSA) is 111 Å². The number of nitrogens with one attached hydrogen (secondary N) is 1. The molecule has 1 saturated heterocycles. The standard InChI is InChI=1S/C26H27ClN2O7S/c1-5-15(3)36-20-10-7-16(11-21(20)34-4)12-22-24(31)29(26(33)37-22)14-23(30)28-17-8-9-19(27)18(13-17)25(32)35-6-2/h7-13,15H,5-6,14H2,1-4H3,(H,28,30)/b22-12-/t15-/m1/s1. The van der Waals surface area contributed by atoms with Crippen LogP contribution in [-0.4, -0.2) is 54.3 Å². The zero-order chi connectivity index (χ0) is 27.1. The summed E-state index contributed by atoms with van der Waals surface area (Å²) in [6.45, 7) is 5.30. The fraction of sp³-hybridized carbons (Fsp3) is 0.308. The molecule has 1 fully saturated rings. The summed E-state index contributed by atoms with van der Waals surface area (Å²) in [6, 6.07) is 9.51. The van der Waals surface area contributed by atoms with Gasteiger partial charge in [0.2, 0.25) is 5.91 Å². The molecule has 1 atom stereocenters. The van der Waals surface area contributed by atoms with E-state index in [4.69, 9.17) is 25.8 Å². The normalized spacial score (nSPS) is 15.1. The number of methoxy groups -OCH3 is 1. The lowest BCUT2D eigenvalue weighted by atomic mass is 10.1. The van der Waals surface area contributed by atoms with Crippen molar-refractivity contribution >= 4 is 58.1 Å². The second-order valence-corrected chi connectivity index (χ2v) is 9.38. The van der Waals surface area contributed by atoms with E-state index in [1.165, 1.54) is 25.3 Å². The minimum Gasteiger partial charge on any atom is -0.493 e. The number of rotatable bonds is 10. The number of anilines is 1. The van der Waals surface area contributed by atoms with Gasteiger partial charge in [0.15, 0.2) is 11.5 Å². The highest BCUT2D eigenvalue weighted by atomic mass is 35.5. The first-order valence-electron chi connectivity index (χ1n) is 11.5. The lowest BCUT2D eigenvalue weighted by molar-refractivity contribution is -0.127. The van der Waals surface area contributed by atoms with Gasteiger partial charge in [0.1, 0.15) is 6.54 Å². The average molecular weight is 547 g/mol. The number of carbonyl (C=O) groups excluding carboxylic acids is 4. The molecule has 9 nitrogen and oxygen atoms in total. The van der Waals surface area contributed by atoms with E-state index in [-0.39, 0.29) is 33.9 Å². The molecule has 1 aliphatic heterocycles. The van der Waals surface area contributed by atoms with Gasteiger partial charge in [0, 0.05) is 5.69 Å². The number of thioether (sulfide) groups is 1. The highest BCUT2D eigenvalue weighted by Gasteiger charge is 2.36. The smallest absolute Gasteiger partial charge is 0.339 e. The van der Waals surface area contributed by atoms with Crippen LogP contribution in [0.15, 0.2) is 41.3 Å². The Hall–Kier alpha value is -3.50. The van der Waals surface area contributed by atoms with E-state index < -0.39 is 29.6 Å². The largest absolute Gasteiger partial charge is 0.493 e. The van der Waals surface area contributed by atoms with Gasteiger partial charge in [-0.15, -0.1) is 0 Å². The second-order valence-electron chi connectivity index (χ2n) is 7.98. The lowest BCUT2D eigenvalue weighted by Gasteiger charge is -2.15. The zero-order valence-electron chi connectivity index (χ0n) is 20.8. The van der Waals surface area contributed by atoms with Gasteiger partial charge in [0.05, 0.1) is 35.3 Å². The summed E-state index contributed by atoms with van der Waals surface area (Å²) >= 11 is 6.78. The minimum absolute atomic E-state index is 0.00650. The molecular formula is C26H27ClN2O7S. The van der Waals surface area contributed by atoms with Gasteiger partial charge < -0.3 is 19.5 Å².